The Hall–Kier alpha value is -3.00. The van der Waals surface area contributed by atoms with E-state index in [-0.39, 0.29) is 17.7 Å². The van der Waals surface area contributed by atoms with Crippen LogP contribution in [0.4, 0.5) is 5.69 Å². The minimum absolute atomic E-state index is 0.0482. The lowest BCUT2D eigenvalue weighted by molar-refractivity contribution is -0.137. The van der Waals surface area contributed by atoms with Crippen molar-refractivity contribution in [2.24, 2.45) is 5.92 Å². The van der Waals surface area contributed by atoms with Crippen LogP contribution >= 0.6 is 11.3 Å². The highest BCUT2D eigenvalue weighted by atomic mass is 32.1. The summed E-state index contributed by atoms with van der Waals surface area (Å²) in [5.41, 5.74) is 3.02. The third-order valence-electron chi connectivity index (χ3n) is 7.14. The largest absolute Gasteiger partial charge is 0.497 e. The van der Waals surface area contributed by atoms with Gasteiger partial charge in [-0.05, 0) is 61.5 Å². The van der Waals surface area contributed by atoms with Crippen LogP contribution in [0.15, 0.2) is 41.8 Å². The summed E-state index contributed by atoms with van der Waals surface area (Å²) in [5, 5.41) is 2.06. The van der Waals surface area contributed by atoms with Gasteiger partial charge >= 0.3 is 0 Å². The monoisotopic (exact) mass is 480 g/mol. The number of methoxy groups -OCH3 is 1. The molecule has 7 nitrogen and oxygen atoms in total. The topological polar surface area (TPSA) is 58.0 Å². The fourth-order valence-electron chi connectivity index (χ4n) is 5.26. The van der Waals surface area contributed by atoms with Crippen LogP contribution in [0.5, 0.6) is 5.75 Å². The van der Waals surface area contributed by atoms with Crippen LogP contribution in [-0.4, -0.2) is 72.6 Å². The number of anilines is 1. The number of carbonyl (C=O) groups excluding carboxylic acids is 2. The summed E-state index contributed by atoms with van der Waals surface area (Å²) in [5.74, 6) is 0.974. The summed E-state index contributed by atoms with van der Waals surface area (Å²) in [6, 6.07) is 12.2. The Morgan fingerprint density at radius 3 is 2.50 bits per heavy atom. The number of nitrogens with zero attached hydrogens (tertiary/aromatic N) is 4. The van der Waals surface area contributed by atoms with Crippen molar-refractivity contribution in [2.45, 2.75) is 26.3 Å². The molecule has 0 N–H and O–H groups in total. The minimum atomic E-state index is -0.114. The number of aryl methyl sites for hydroxylation is 1. The van der Waals surface area contributed by atoms with Crippen molar-refractivity contribution in [3.8, 4) is 5.75 Å². The molecule has 0 saturated carbocycles. The molecule has 1 aromatic carbocycles. The molecule has 0 radical (unpaired) electrons. The number of likely N-dealkylation sites (tertiary alicyclic amines) is 1. The lowest BCUT2D eigenvalue weighted by atomic mass is 9.96. The van der Waals surface area contributed by atoms with Crippen molar-refractivity contribution in [1.82, 2.24) is 14.4 Å². The van der Waals surface area contributed by atoms with Gasteiger partial charge in [-0.15, -0.1) is 11.3 Å². The lowest BCUT2D eigenvalue weighted by Gasteiger charge is -2.39. The summed E-state index contributed by atoms with van der Waals surface area (Å²) in [7, 11) is 1.67. The first-order chi connectivity index (χ1) is 16.6. The van der Waals surface area contributed by atoms with E-state index < -0.39 is 0 Å². The van der Waals surface area contributed by atoms with E-state index in [1.807, 2.05) is 28.0 Å². The number of fused-ring (bicyclic) bond motifs is 1. The van der Waals surface area contributed by atoms with Crippen molar-refractivity contribution in [1.29, 1.82) is 0 Å². The molecule has 2 aliphatic rings. The van der Waals surface area contributed by atoms with Gasteiger partial charge in [0.25, 0.3) is 5.91 Å². The lowest BCUT2D eigenvalue weighted by Crippen LogP contribution is -2.53. The zero-order valence-electron chi connectivity index (χ0n) is 19.9. The fraction of sp³-hybridized carbons (Fsp3) is 0.462. The predicted octanol–water partition coefficient (Wildman–Crippen LogP) is 3.93. The number of carbonyl (C=O) groups is 2. The van der Waals surface area contributed by atoms with Crippen LogP contribution in [0.25, 0.3) is 10.2 Å². The van der Waals surface area contributed by atoms with Crippen molar-refractivity contribution in [3.63, 3.8) is 0 Å². The summed E-state index contributed by atoms with van der Waals surface area (Å²) in [4.78, 5) is 33.0. The summed E-state index contributed by atoms with van der Waals surface area (Å²) in [6.07, 6.45) is 1.72. The Bertz CT molecular complexity index is 1160. The highest BCUT2D eigenvalue weighted by molar-refractivity contribution is 7.17. The average molecular weight is 481 g/mol. The molecule has 0 spiro atoms. The van der Waals surface area contributed by atoms with Gasteiger partial charge in [0.15, 0.2) is 0 Å². The van der Waals surface area contributed by atoms with E-state index >= 15 is 0 Å². The van der Waals surface area contributed by atoms with E-state index in [1.165, 1.54) is 0 Å². The van der Waals surface area contributed by atoms with Crippen molar-refractivity contribution >= 4 is 39.1 Å². The quantitative estimate of drug-likeness (QED) is 0.555. The first kappa shape index (κ1) is 22.8. The molecule has 0 bridgehead atoms. The Morgan fingerprint density at radius 2 is 1.79 bits per heavy atom. The van der Waals surface area contributed by atoms with E-state index in [2.05, 4.69) is 40.0 Å². The predicted molar refractivity (Wildman–Crippen MR) is 136 cm³/mol. The van der Waals surface area contributed by atoms with Gasteiger partial charge in [0, 0.05) is 51.5 Å². The second-order valence-corrected chi connectivity index (χ2v) is 9.99. The fourth-order valence-corrected chi connectivity index (χ4v) is 6.08. The Balaban J connectivity index is 1.21. The number of aromatic nitrogens is 1. The van der Waals surface area contributed by atoms with Gasteiger partial charge in [0.1, 0.15) is 11.4 Å². The molecule has 2 aromatic heterocycles. The van der Waals surface area contributed by atoms with Gasteiger partial charge in [-0.3, -0.25) is 9.59 Å². The molecular weight excluding hydrogens is 448 g/mol. The summed E-state index contributed by atoms with van der Waals surface area (Å²) in [6.45, 7) is 7.12. The van der Waals surface area contributed by atoms with Crippen LogP contribution in [0, 0.1) is 5.92 Å². The molecule has 34 heavy (non-hydrogen) atoms. The number of rotatable bonds is 5. The molecule has 8 heteroatoms. The van der Waals surface area contributed by atoms with Crippen LogP contribution in [0.2, 0.25) is 0 Å². The molecule has 0 aliphatic carbocycles. The van der Waals surface area contributed by atoms with Crippen LogP contribution < -0.4 is 9.64 Å². The number of hydrogen-bond donors (Lipinski definition) is 0. The first-order valence-corrected chi connectivity index (χ1v) is 13.0. The molecule has 2 aliphatic heterocycles. The number of piperidine rings is 1. The molecule has 2 amide bonds. The maximum absolute atomic E-state index is 13.4. The zero-order chi connectivity index (χ0) is 23.7. The summed E-state index contributed by atoms with van der Waals surface area (Å²) < 4.78 is 8.49. The molecule has 4 heterocycles. The molecule has 180 valence electrons. The standard InChI is InChI=1S/C26H32N4O3S/c1-3-30-22-10-16-34-24(22)17-23(30)26(32)29-11-4-5-19(18-29)25(31)28-14-12-27(13-15-28)20-6-8-21(33-2)9-7-20/h6-10,16-17,19H,3-5,11-15,18H2,1-2H3/t19-/m1/s1. The molecule has 0 unspecified atom stereocenters. The van der Waals surface area contributed by atoms with Crippen molar-refractivity contribution < 1.29 is 14.3 Å². The van der Waals surface area contributed by atoms with Gasteiger partial charge in [0.2, 0.25) is 5.91 Å². The average Bonchev–Trinajstić information content (AvgIpc) is 3.49. The maximum atomic E-state index is 13.4. The van der Waals surface area contributed by atoms with Gasteiger partial charge in [0.05, 0.1) is 23.2 Å². The maximum Gasteiger partial charge on any atom is 0.270 e. The van der Waals surface area contributed by atoms with Crippen LogP contribution in [-0.2, 0) is 11.3 Å². The number of thiophene rings is 1. The summed E-state index contributed by atoms with van der Waals surface area (Å²) >= 11 is 1.66. The minimum Gasteiger partial charge on any atom is -0.497 e. The number of piperazine rings is 1. The smallest absolute Gasteiger partial charge is 0.270 e. The second-order valence-electron chi connectivity index (χ2n) is 9.04. The van der Waals surface area contributed by atoms with Gasteiger partial charge in [-0.25, -0.2) is 0 Å². The van der Waals surface area contributed by atoms with E-state index in [1.54, 1.807) is 18.4 Å². The molecule has 3 aromatic rings. The van der Waals surface area contributed by atoms with E-state index in [0.717, 1.165) is 66.4 Å². The van der Waals surface area contributed by atoms with E-state index in [9.17, 15) is 9.59 Å². The number of ether oxygens (including phenoxy) is 1. The number of hydrogen-bond acceptors (Lipinski definition) is 5. The molecule has 1 atom stereocenters. The molecule has 2 saturated heterocycles. The molecule has 2 fully saturated rings. The van der Waals surface area contributed by atoms with E-state index in [4.69, 9.17) is 4.74 Å². The van der Waals surface area contributed by atoms with Crippen molar-refractivity contribution in [3.05, 3.63) is 47.5 Å². The highest BCUT2D eigenvalue weighted by Crippen LogP contribution is 2.28. The number of benzene rings is 1. The Kier molecular flexibility index (Phi) is 6.50. The number of amides is 2. The van der Waals surface area contributed by atoms with Gasteiger partial charge < -0.3 is 24.0 Å². The Labute approximate surface area is 204 Å². The van der Waals surface area contributed by atoms with E-state index in [0.29, 0.717) is 19.6 Å². The van der Waals surface area contributed by atoms with Crippen molar-refractivity contribution in [2.75, 3.05) is 51.3 Å². The molecular formula is C26H32N4O3S. The molecule has 5 rings (SSSR count). The van der Waals surface area contributed by atoms with Crippen LogP contribution in [0.1, 0.15) is 30.3 Å². The van der Waals surface area contributed by atoms with Gasteiger partial charge in [-0.1, -0.05) is 0 Å². The Morgan fingerprint density at radius 1 is 1.03 bits per heavy atom. The third-order valence-corrected chi connectivity index (χ3v) is 8.00. The van der Waals surface area contributed by atoms with Gasteiger partial charge in [-0.2, -0.15) is 0 Å². The third kappa shape index (κ3) is 4.27. The zero-order valence-corrected chi connectivity index (χ0v) is 20.7. The normalized spacial score (nSPS) is 19.0. The SMILES string of the molecule is CCn1c(C(=O)N2CCC[C@@H](C(=O)N3CCN(c4ccc(OC)cc4)CC3)C2)cc2sccc21. The second kappa shape index (κ2) is 9.70. The highest BCUT2D eigenvalue weighted by Gasteiger charge is 2.33. The first-order valence-electron chi connectivity index (χ1n) is 12.1. The van der Waals surface area contributed by atoms with Crippen LogP contribution in [0.3, 0.4) is 0 Å².